The van der Waals surface area contributed by atoms with E-state index in [0.717, 1.165) is 13.0 Å². The van der Waals surface area contributed by atoms with Crippen LogP contribution in [0.2, 0.25) is 0 Å². The van der Waals surface area contributed by atoms with Gasteiger partial charge in [0.15, 0.2) is 0 Å². The van der Waals surface area contributed by atoms with Crippen LogP contribution in [0.5, 0.6) is 0 Å². The molecule has 2 heteroatoms. The summed E-state index contributed by atoms with van der Waals surface area (Å²) in [5.74, 6) is 0. The van der Waals surface area contributed by atoms with Crippen molar-refractivity contribution in [2.75, 3.05) is 6.54 Å². The molecule has 1 N–H and O–H groups in total. The summed E-state index contributed by atoms with van der Waals surface area (Å²) in [5.41, 5.74) is 1.22. The number of pyridine rings is 1. The van der Waals surface area contributed by atoms with Crippen LogP contribution < -0.4 is 5.32 Å². The Kier molecular flexibility index (Phi) is 10.2. The fraction of sp³-hybridized carbons (Fsp3) is 0.722. The van der Waals surface area contributed by atoms with Crippen molar-refractivity contribution in [2.24, 2.45) is 0 Å². The van der Waals surface area contributed by atoms with E-state index in [2.05, 4.69) is 36.3 Å². The molecule has 0 spiro atoms. The van der Waals surface area contributed by atoms with E-state index in [0.29, 0.717) is 6.04 Å². The predicted octanol–water partition coefficient (Wildman–Crippen LogP) is 4.74. The van der Waals surface area contributed by atoms with Crippen LogP contribution in [-0.4, -0.2) is 17.6 Å². The second-order valence-corrected chi connectivity index (χ2v) is 5.67. The monoisotopic (exact) mass is 276 g/mol. The van der Waals surface area contributed by atoms with E-state index in [4.69, 9.17) is 0 Å². The van der Waals surface area contributed by atoms with Gasteiger partial charge in [-0.05, 0) is 37.9 Å². The second-order valence-electron chi connectivity index (χ2n) is 5.67. The molecule has 0 aromatic carbocycles. The number of aryl methyl sites for hydroxylation is 1. The zero-order valence-electron chi connectivity index (χ0n) is 13.4. The standard InChI is InChI=1S/C18H32N2/c1-3-5-6-7-8-9-12-17(19-4-2)14-15-18-13-10-11-16-20-18/h10-11,13,16-17,19H,3-9,12,14-15H2,1-2H3. The molecule has 0 aliphatic carbocycles. The number of nitrogens with one attached hydrogen (secondary N) is 1. The molecule has 1 atom stereocenters. The topological polar surface area (TPSA) is 24.9 Å². The third-order valence-electron chi connectivity index (χ3n) is 3.87. The zero-order chi connectivity index (χ0) is 14.5. The normalized spacial score (nSPS) is 12.5. The van der Waals surface area contributed by atoms with E-state index in [-0.39, 0.29) is 0 Å². The predicted molar refractivity (Wildman–Crippen MR) is 88.0 cm³/mol. The Morgan fingerprint density at radius 1 is 1.00 bits per heavy atom. The summed E-state index contributed by atoms with van der Waals surface area (Å²) in [6, 6.07) is 6.86. The summed E-state index contributed by atoms with van der Waals surface area (Å²) < 4.78 is 0. The lowest BCUT2D eigenvalue weighted by Gasteiger charge is -2.17. The van der Waals surface area contributed by atoms with E-state index in [1.807, 2.05) is 12.3 Å². The third kappa shape index (κ3) is 8.31. The lowest BCUT2D eigenvalue weighted by molar-refractivity contribution is 0.437. The van der Waals surface area contributed by atoms with Crippen molar-refractivity contribution in [1.82, 2.24) is 10.3 Å². The third-order valence-corrected chi connectivity index (χ3v) is 3.87. The fourth-order valence-electron chi connectivity index (χ4n) is 2.68. The molecule has 114 valence electrons. The quantitative estimate of drug-likeness (QED) is 0.558. The molecule has 2 nitrogen and oxygen atoms in total. The van der Waals surface area contributed by atoms with Gasteiger partial charge < -0.3 is 5.32 Å². The first-order valence-electron chi connectivity index (χ1n) is 8.50. The van der Waals surface area contributed by atoms with Gasteiger partial charge in [0.1, 0.15) is 0 Å². The van der Waals surface area contributed by atoms with Crippen molar-refractivity contribution in [2.45, 2.75) is 77.7 Å². The Balaban J connectivity index is 2.16. The van der Waals surface area contributed by atoms with Crippen molar-refractivity contribution < 1.29 is 0 Å². The molecule has 0 aliphatic rings. The van der Waals surface area contributed by atoms with Gasteiger partial charge in [-0.25, -0.2) is 0 Å². The van der Waals surface area contributed by atoms with Gasteiger partial charge in [0.25, 0.3) is 0 Å². The number of hydrogen-bond acceptors (Lipinski definition) is 2. The first kappa shape index (κ1) is 17.2. The van der Waals surface area contributed by atoms with Crippen molar-refractivity contribution in [3.05, 3.63) is 30.1 Å². The minimum absolute atomic E-state index is 0.660. The number of rotatable bonds is 12. The number of hydrogen-bond donors (Lipinski definition) is 1. The van der Waals surface area contributed by atoms with Gasteiger partial charge in [0.05, 0.1) is 0 Å². The molecule has 1 rings (SSSR count). The van der Waals surface area contributed by atoms with Crippen LogP contribution in [0, 0.1) is 0 Å². The molecule has 0 saturated heterocycles. The molecule has 0 bridgehead atoms. The van der Waals surface area contributed by atoms with E-state index in [9.17, 15) is 0 Å². The minimum Gasteiger partial charge on any atom is -0.314 e. The molecule has 1 unspecified atom stereocenters. The van der Waals surface area contributed by atoms with Gasteiger partial charge in [-0.1, -0.05) is 58.4 Å². The minimum atomic E-state index is 0.660. The summed E-state index contributed by atoms with van der Waals surface area (Å²) in [6.07, 6.45) is 13.8. The van der Waals surface area contributed by atoms with E-state index >= 15 is 0 Å². The maximum Gasteiger partial charge on any atom is 0.0404 e. The number of aromatic nitrogens is 1. The van der Waals surface area contributed by atoms with Gasteiger partial charge >= 0.3 is 0 Å². The first-order valence-corrected chi connectivity index (χ1v) is 8.50. The lowest BCUT2D eigenvalue weighted by Crippen LogP contribution is -2.29. The highest BCUT2D eigenvalue weighted by Gasteiger charge is 2.07. The summed E-state index contributed by atoms with van der Waals surface area (Å²) in [7, 11) is 0. The molecule has 0 amide bonds. The average molecular weight is 276 g/mol. The number of unbranched alkanes of at least 4 members (excludes halogenated alkanes) is 5. The van der Waals surface area contributed by atoms with Crippen LogP contribution >= 0.6 is 0 Å². The average Bonchev–Trinajstić information content (AvgIpc) is 2.49. The van der Waals surface area contributed by atoms with Crippen molar-refractivity contribution in [3.63, 3.8) is 0 Å². The highest BCUT2D eigenvalue weighted by atomic mass is 14.9. The molecule has 1 aromatic heterocycles. The van der Waals surface area contributed by atoms with E-state index < -0.39 is 0 Å². The molecule has 1 aromatic rings. The molecule has 0 fully saturated rings. The highest BCUT2D eigenvalue weighted by molar-refractivity contribution is 5.03. The number of nitrogens with zero attached hydrogens (tertiary/aromatic N) is 1. The van der Waals surface area contributed by atoms with Gasteiger partial charge in [-0.2, -0.15) is 0 Å². The summed E-state index contributed by atoms with van der Waals surface area (Å²) in [6.45, 7) is 5.55. The van der Waals surface area contributed by atoms with Crippen molar-refractivity contribution >= 4 is 0 Å². The molecule has 0 radical (unpaired) electrons. The Morgan fingerprint density at radius 3 is 2.50 bits per heavy atom. The largest absolute Gasteiger partial charge is 0.314 e. The molecular formula is C18H32N2. The first-order chi connectivity index (χ1) is 9.86. The van der Waals surface area contributed by atoms with Crippen molar-refractivity contribution in [3.8, 4) is 0 Å². The van der Waals surface area contributed by atoms with Crippen LogP contribution in [0.15, 0.2) is 24.4 Å². The van der Waals surface area contributed by atoms with Crippen LogP contribution in [0.25, 0.3) is 0 Å². The maximum atomic E-state index is 4.41. The van der Waals surface area contributed by atoms with Crippen LogP contribution in [0.4, 0.5) is 0 Å². The molecule has 0 aliphatic heterocycles. The fourth-order valence-corrected chi connectivity index (χ4v) is 2.68. The molecule has 20 heavy (non-hydrogen) atoms. The van der Waals surface area contributed by atoms with Gasteiger partial charge in [-0.3, -0.25) is 4.98 Å². The molecule has 1 heterocycles. The SMILES string of the molecule is CCCCCCCCC(CCc1ccccn1)NCC. The summed E-state index contributed by atoms with van der Waals surface area (Å²) in [4.78, 5) is 4.41. The maximum absolute atomic E-state index is 4.41. The Bertz CT molecular complexity index is 310. The molecule has 0 saturated carbocycles. The molecular weight excluding hydrogens is 244 g/mol. The Labute approximate surface area is 125 Å². The highest BCUT2D eigenvalue weighted by Crippen LogP contribution is 2.12. The van der Waals surface area contributed by atoms with Crippen LogP contribution in [0.1, 0.15) is 70.9 Å². The van der Waals surface area contributed by atoms with Gasteiger partial charge in [0.2, 0.25) is 0 Å². The second kappa shape index (κ2) is 11.9. The Morgan fingerprint density at radius 2 is 1.80 bits per heavy atom. The van der Waals surface area contributed by atoms with Gasteiger partial charge in [-0.15, -0.1) is 0 Å². The van der Waals surface area contributed by atoms with E-state index in [1.54, 1.807) is 0 Å². The van der Waals surface area contributed by atoms with E-state index in [1.165, 1.54) is 57.1 Å². The Hall–Kier alpha value is -0.890. The van der Waals surface area contributed by atoms with Crippen LogP contribution in [-0.2, 0) is 6.42 Å². The zero-order valence-corrected chi connectivity index (χ0v) is 13.4. The van der Waals surface area contributed by atoms with Crippen LogP contribution in [0.3, 0.4) is 0 Å². The summed E-state index contributed by atoms with van der Waals surface area (Å²) >= 11 is 0. The van der Waals surface area contributed by atoms with Crippen molar-refractivity contribution in [1.29, 1.82) is 0 Å². The smallest absolute Gasteiger partial charge is 0.0404 e. The summed E-state index contributed by atoms with van der Waals surface area (Å²) in [5, 5.41) is 3.63. The lowest BCUT2D eigenvalue weighted by atomic mass is 10.0. The van der Waals surface area contributed by atoms with Gasteiger partial charge in [0, 0.05) is 17.9 Å².